The second-order valence-electron chi connectivity index (χ2n) is 10.9. The van der Waals surface area contributed by atoms with E-state index < -0.39 is 7.12 Å². The largest absolute Gasteiger partial charge is 0.488 e. The van der Waals surface area contributed by atoms with Crippen molar-refractivity contribution in [2.75, 3.05) is 0 Å². The highest BCUT2D eigenvalue weighted by Gasteiger charge is 2.20. The summed E-state index contributed by atoms with van der Waals surface area (Å²) in [7, 11) is -1.53. The van der Waals surface area contributed by atoms with Crippen LogP contribution in [0.25, 0.3) is 66.1 Å². The molecule has 5 heteroatoms. The van der Waals surface area contributed by atoms with Crippen LogP contribution in [0, 0.1) is 6.92 Å². The lowest BCUT2D eigenvalue weighted by Gasteiger charge is -2.11. The van der Waals surface area contributed by atoms with Crippen LogP contribution in [0.2, 0.25) is 0 Å². The first-order chi connectivity index (χ1) is 20.6. The molecule has 0 amide bonds. The highest BCUT2D eigenvalue weighted by atomic mass is 16.4. The van der Waals surface area contributed by atoms with Gasteiger partial charge in [-0.15, -0.1) is 0 Å². The number of aromatic nitrogens is 2. The fourth-order valence-electron chi connectivity index (χ4n) is 6.63. The van der Waals surface area contributed by atoms with Gasteiger partial charge in [0.2, 0.25) is 0 Å². The Hall–Kier alpha value is -5.10. The summed E-state index contributed by atoms with van der Waals surface area (Å²) < 4.78 is 4.59. The second kappa shape index (κ2) is 9.49. The quantitative estimate of drug-likeness (QED) is 0.226. The number of nitrogens with zero attached hydrogens (tertiary/aromatic N) is 2. The minimum Gasteiger partial charge on any atom is -0.423 e. The molecule has 8 rings (SSSR count). The Morgan fingerprint density at radius 1 is 0.500 bits per heavy atom. The highest BCUT2D eigenvalue weighted by Crippen LogP contribution is 2.40. The van der Waals surface area contributed by atoms with E-state index in [4.69, 9.17) is 0 Å². The Bertz CT molecular complexity index is 2280. The highest BCUT2D eigenvalue weighted by molar-refractivity contribution is 6.59. The molecule has 200 valence electrons. The van der Waals surface area contributed by atoms with E-state index in [0.717, 1.165) is 49.9 Å². The van der Waals surface area contributed by atoms with Crippen molar-refractivity contribution in [3.63, 3.8) is 0 Å². The van der Waals surface area contributed by atoms with E-state index in [-0.39, 0.29) is 0 Å². The van der Waals surface area contributed by atoms with Gasteiger partial charge < -0.3 is 19.2 Å². The molecule has 0 saturated heterocycles. The van der Waals surface area contributed by atoms with Crippen LogP contribution in [-0.4, -0.2) is 26.3 Å². The number of aryl methyl sites for hydroxylation is 1. The van der Waals surface area contributed by atoms with Crippen molar-refractivity contribution in [1.82, 2.24) is 9.13 Å². The van der Waals surface area contributed by atoms with Crippen molar-refractivity contribution in [3.05, 3.63) is 139 Å². The predicted molar refractivity (Wildman–Crippen MR) is 175 cm³/mol. The molecule has 0 spiro atoms. The lowest BCUT2D eigenvalue weighted by molar-refractivity contribution is 0.426. The molecule has 0 saturated carbocycles. The Labute approximate surface area is 243 Å². The summed E-state index contributed by atoms with van der Waals surface area (Å²) in [5.41, 5.74) is 10.6. The maximum Gasteiger partial charge on any atom is 0.488 e. The van der Waals surface area contributed by atoms with Crippen molar-refractivity contribution in [1.29, 1.82) is 0 Å². The molecule has 0 atom stereocenters. The van der Waals surface area contributed by atoms with Crippen LogP contribution in [0.5, 0.6) is 0 Å². The minimum absolute atomic E-state index is 0.481. The van der Waals surface area contributed by atoms with Crippen LogP contribution in [0.1, 0.15) is 5.56 Å². The van der Waals surface area contributed by atoms with Gasteiger partial charge in [0.15, 0.2) is 0 Å². The third kappa shape index (κ3) is 3.65. The first-order valence-electron chi connectivity index (χ1n) is 14.2. The molecule has 2 N–H and O–H groups in total. The molecular formula is C37H27BN2O2. The topological polar surface area (TPSA) is 50.3 Å². The van der Waals surface area contributed by atoms with E-state index in [1.54, 1.807) is 6.07 Å². The molecular weight excluding hydrogens is 515 g/mol. The molecule has 42 heavy (non-hydrogen) atoms. The number of hydrogen-bond acceptors (Lipinski definition) is 2. The van der Waals surface area contributed by atoms with Gasteiger partial charge in [0.25, 0.3) is 0 Å². The smallest absolute Gasteiger partial charge is 0.423 e. The summed E-state index contributed by atoms with van der Waals surface area (Å²) >= 11 is 0. The monoisotopic (exact) mass is 542 g/mol. The first kappa shape index (κ1) is 24.7. The van der Waals surface area contributed by atoms with Crippen LogP contribution in [-0.2, 0) is 0 Å². The Morgan fingerprint density at radius 3 is 1.79 bits per heavy atom. The van der Waals surface area contributed by atoms with Crippen molar-refractivity contribution < 1.29 is 10.0 Å². The molecule has 0 aliphatic carbocycles. The molecule has 8 aromatic rings. The van der Waals surface area contributed by atoms with Crippen molar-refractivity contribution in [2.45, 2.75) is 6.92 Å². The van der Waals surface area contributed by atoms with Gasteiger partial charge in [0, 0.05) is 32.9 Å². The minimum atomic E-state index is -1.53. The third-order valence-electron chi connectivity index (χ3n) is 8.53. The summed E-state index contributed by atoms with van der Waals surface area (Å²) in [5.74, 6) is 0. The third-order valence-corrected chi connectivity index (χ3v) is 8.53. The molecule has 4 nitrogen and oxygen atoms in total. The van der Waals surface area contributed by atoms with Gasteiger partial charge in [-0.3, -0.25) is 0 Å². The van der Waals surface area contributed by atoms with E-state index in [1.165, 1.54) is 21.8 Å². The number of para-hydroxylation sites is 3. The molecule has 6 aromatic carbocycles. The van der Waals surface area contributed by atoms with Gasteiger partial charge in [0.1, 0.15) is 0 Å². The van der Waals surface area contributed by atoms with Gasteiger partial charge in [-0.05, 0) is 83.7 Å². The molecule has 2 aromatic heterocycles. The van der Waals surface area contributed by atoms with Crippen LogP contribution in [0.15, 0.2) is 133 Å². The molecule has 0 bridgehead atoms. The van der Waals surface area contributed by atoms with Gasteiger partial charge >= 0.3 is 7.12 Å². The number of rotatable bonds is 4. The average Bonchev–Trinajstić information content (AvgIpc) is 3.54. The standard InChI is InChI=1S/C37H27BN2O2/c1-24-29(25-16-19-34-31(22-25)30-14-8-9-15-33(30)39(34)27-10-4-2-5-11-27)18-21-36-37(24)32-23-26(38(41)42)17-20-35(32)40(36)28-12-6-3-7-13-28/h2-23,41-42H,1H3. The van der Waals surface area contributed by atoms with Crippen molar-refractivity contribution in [2.24, 2.45) is 0 Å². The zero-order valence-corrected chi connectivity index (χ0v) is 23.1. The maximum absolute atomic E-state index is 10.00. The van der Waals surface area contributed by atoms with Crippen molar-refractivity contribution in [3.8, 4) is 22.5 Å². The lowest BCUT2D eigenvalue weighted by Crippen LogP contribution is -2.29. The Morgan fingerprint density at radius 2 is 1.07 bits per heavy atom. The fourth-order valence-corrected chi connectivity index (χ4v) is 6.63. The SMILES string of the molecule is Cc1c(-c2ccc3c(c2)c2ccccc2n3-c2ccccc2)ccc2c1c1cc(B(O)O)ccc1n2-c1ccccc1. The zero-order valence-electron chi connectivity index (χ0n) is 23.1. The summed E-state index contributed by atoms with van der Waals surface area (Å²) in [4.78, 5) is 0. The van der Waals surface area contributed by atoms with Gasteiger partial charge in [-0.2, -0.15) is 0 Å². The molecule has 0 aliphatic heterocycles. The van der Waals surface area contributed by atoms with E-state index in [0.29, 0.717) is 5.46 Å². The van der Waals surface area contributed by atoms with E-state index in [9.17, 15) is 10.0 Å². The number of fused-ring (bicyclic) bond motifs is 6. The summed E-state index contributed by atoms with van der Waals surface area (Å²) in [6.45, 7) is 2.17. The fraction of sp³-hybridized carbons (Fsp3) is 0.0270. The van der Waals surface area contributed by atoms with E-state index in [2.05, 4.69) is 107 Å². The molecule has 2 heterocycles. The van der Waals surface area contributed by atoms with Gasteiger partial charge in [-0.1, -0.05) is 78.9 Å². The average molecular weight is 542 g/mol. The summed E-state index contributed by atoms with van der Waals surface area (Å²) in [6, 6.07) is 46.3. The predicted octanol–water partition coefficient (Wildman–Crippen LogP) is 7.54. The Balaban J connectivity index is 1.40. The summed E-state index contributed by atoms with van der Waals surface area (Å²) in [6.07, 6.45) is 0. The van der Waals surface area contributed by atoms with Crippen LogP contribution in [0.4, 0.5) is 0 Å². The van der Waals surface area contributed by atoms with Gasteiger partial charge in [0.05, 0.1) is 22.1 Å². The number of benzene rings is 6. The van der Waals surface area contributed by atoms with Crippen LogP contribution in [0.3, 0.4) is 0 Å². The zero-order chi connectivity index (χ0) is 28.4. The summed E-state index contributed by atoms with van der Waals surface area (Å²) in [5, 5.41) is 24.5. The molecule has 0 fully saturated rings. The molecule has 0 radical (unpaired) electrons. The second-order valence-corrected chi connectivity index (χ2v) is 10.9. The van der Waals surface area contributed by atoms with Crippen LogP contribution >= 0.6 is 0 Å². The molecule has 0 unspecified atom stereocenters. The lowest BCUT2D eigenvalue weighted by atomic mass is 9.79. The molecule has 0 aliphatic rings. The van der Waals surface area contributed by atoms with Crippen molar-refractivity contribution >= 4 is 56.2 Å². The van der Waals surface area contributed by atoms with Gasteiger partial charge in [-0.25, -0.2) is 0 Å². The van der Waals surface area contributed by atoms with E-state index in [1.807, 2.05) is 36.4 Å². The van der Waals surface area contributed by atoms with E-state index >= 15 is 0 Å². The normalized spacial score (nSPS) is 11.7. The van der Waals surface area contributed by atoms with Crippen LogP contribution < -0.4 is 5.46 Å². The first-order valence-corrected chi connectivity index (χ1v) is 14.2. The Kier molecular flexibility index (Phi) is 5.57. The number of hydrogen-bond donors (Lipinski definition) is 2. The maximum atomic E-state index is 10.00.